The number of anilines is 3. The van der Waals surface area contributed by atoms with Crippen molar-refractivity contribution in [2.45, 2.75) is 31.6 Å². The van der Waals surface area contributed by atoms with Gasteiger partial charge in [0.05, 0.1) is 35.6 Å². The van der Waals surface area contributed by atoms with Crippen molar-refractivity contribution < 1.29 is 9.53 Å². The number of imidazole rings is 1. The van der Waals surface area contributed by atoms with E-state index in [0.29, 0.717) is 23.6 Å². The van der Waals surface area contributed by atoms with E-state index in [1.807, 2.05) is 32.4 Å². The minimum atomic E-state index is -0.252. The van der Waals surface area contributed by atoms with Crippen LogP contribution in [0, 0.1) is 0 Å². The summed E-state index contributed by atoms with van der Waals surface area (Å²) in [5, 5.41) is 15.2. The summed E-state index contributed by atoms with van der Waals surface area (Å²) in [5.41, 5.74) is 4.70. The lowest BCUT2D eigenvalue weighted by Crippen LogP contribution is -2.52. The number of benzene rings is 1. The first-order valence-corrected chi connectivity index (χ1v) is 10.3. The molecule has 1 fully saturated rings. The highest BCUT2D eigenvalue weighted by Gasteiger charge is 2.34. The number of carbonyl (C=O) groups is 1. The maximum Gasteiger partial charge on any atom is 0.328 e. The number of aryl methyl sites for hydroxylation is 1. The lowest BCUT2D eigenvalue weighted by atomic mass is 9.89. The SMILES string of the molecule is CNc1cc2nc3c1ncn3C(=O)N[C@@H]1CC[C@H]1OCc1cc(c3cn(C)nc3c1)N2. The molecule has 4 heterocycles. The second kappa shape index (κ2) is 6.67. The largest absolute Gasteiger partial charge is 0.386 e. The highest BCUT2D eigenvalue weighted by atomic mass is 16.5. The van der Waals surface area contributed by atoms with E-state index in [2.05, 4.69) is 32.1 Å². The van der Waals surface area contributed by atoms with Gasteiger partial charge in [-0.25, -0.2) is 19.3 Å². The van der Waals surface area contributed by atoms with Crippen molar-refractivity contribution in [1.29, 1.82) is 0 Å². The van der Waals surface area contributed by atoms with Crippen LogP contribution < -0.4 is 16.0 Å². The third-order valence-corrected chi connectivity index (χ3v) is 6.04. The van der Waals surface area contributed by atoms with E-state index >= 15 is 0 Å². The molecule has 6 rings (SSSR count). The minimum absolute atomic E-state index is 0.0195. The van der Waals surface area contributed by atoms with Gasteiger partial charge in [0, 0.05) is 31.7 Å². The molecule has 158 valence electrons. The van der Waals surface area contributed by atoms with Crippen molar-refractivity contribution in [3.63, 3.8) is 0 Å². The van der Waals surface area contributed by atoms with Crippen LogP contribution in [0.15, 0.2) is 30.7 Å². The van der Waals surface area contributed by atoms with E-state index in [-0.39, 0.29) is 18.2 Å². The van der Waals surface area contributed by atoms with E-state index in [1.165, 1.54) is 10.9 Å². The Hall–Kier alpha value is -3.66. The number of hydrogen-bond acceptors (Lipinski definition) is 7. The molecule has 1 aliphatic heterocycles. The molecular formula is C21H22N8O2. The van der Waals surface area contributed by atoms with Crippen LogP contribution in [-0.2, 0) is 18.4 Å². The molecule has 1 aromatic carbocycles. The number of aromatic nitrogens is 5. The van der Waals surface area contributed by atoms with Crippen LogP contribution in [-0.4, -0.2) is 49.5 Å². The second-order valence-electron chi connectivity index (χ2n) is 8.08. The maximum absolute atomic E-state index is 13.0. The Balaban J connectivity index is 1.56. The predicted octanol–water partition coefficient (Wildman–Crippen LogP) is 2.72. The molecule has 31 heavy (non-hydrogen) atoms. The second-order valence-corrected chi connectivity index (χ2v) is 8.08. The van der Waals surface area contributed by atoms with Gasteiger partial charge in [0.15, 0.2) is 5.65 Å². The number of nitrogens with zero attached hydrogens (tertiary/aromatic N) is 5. The van der Waals surface area contributed by atoms with Crippen molar-refractivity contribution in [2.24, 2.45) is 7.05 Å². The molecule has 1 saturated carbocycles. The summed E-state index contributed by atoms with van der Waals surface area (Å²) in [6, 6.07) is 5.72. The highest BCUT2D eigenvalue weighted by Crippen LogP contribution is 2.32. The highest BCUT2D eigenvalue weighted by molar-refractivity contribution is 5.97. The van der Waals surface area contributed by atoms with Gasteiger partial charge in [0.2, 0.25) is 0 Å². The third kappa shape index (κ3) is 2.90. The van der Waals surface area contributed by atoms with Gasteiger partial charge < -0.3 is 20.7 Å². The molecule has 1 aliphatic carbocycles. The van der Waals surface area contributed by atoms with Crippen molar-refractivity contribution in [1.82, 2.24) is 29.6 Å². The van der Waals surface area contributed by atoms with Crippen LogP contribution in [0.1, 0.15) is 18.4 Å². The van der Waals surface area contributed by atoms with Crippen molar-refractivity contribution in [2.75, 3.05) is 17.7 Å². The van der Waals surface area contributed by atoms with Crippen LogP contribution in [0.5, 0.6) is 0 Å². The molecule has 2 atom stereocenters. The fraction of sp³-hybridized carbons (Fsp3) is 0.333. The zero-order valence-electron chi connectivity index (χ0n) is 17.2. The minimum Gasteiger partial charge on any atom is -0.386 e. The summed E-state index contributed by atoms with van der Waals surface area (Å²) in [5.74, 6) is 0.605. The Morgan fingerprint density at radius 3 is 2.97 bits per heavy atom. The number of ether oxygens (including phenoxy) is 1. The smallest absolute Gasteiger partial charge is 0.328 e. The average molecular weight is 418 g/mol. The number of nitrogens with one attached hydrogen (secondary N) is 3. The Bertz CT molecular complexity index is 1340. The van der Waals surface area contributed by atoms with E-state index in [4.69, 9.17) is 9.72 Å². The van der Waals surface area contributed by atoms with Crippen LogP contribution in [0.2, 0.25) is 0 Å². The van der Waals surface area contributed by atoms with Crippen LogP contribution in [0.3, 0.4) is 0 Å². The normalized spacial score (nSPS) is 20.6. The molecule has 4 aromatic rings. The fourth-order valence-corrected chi connectivity index (χ4v) is 4.28. The van der Waals surface area contributed by atoms with E-state index in [0.717, 1.165) is 40.7 Å². The van der Waals surface area contributed by atoms with Gasteiger partial charge in [-0.3, -0.25) is 4.68 Å². The molecule has 3 aromatic heterocycles. The van der Waals surface area contributed by atoms with E-state index in [1.54, 1.807) is 4.68 Å². The fourth-order valence-electron chi connectivity index (χ4n) is 4.28. The molecule has 4 bridgehead atoms. The maximum atomic E-state index is 13.0. The summed E-state index contributed by atoms with van der Waals surface area (Å²) in [7, 11) is 3.73. The predicted molar refractivity (Wildman–Crippen MR) is 117 cm³/mol. The van der Waals surface area contributed by atoms with Crippen molar-refractivity contribution in [3.05, 3.63) is 36.3 Å². The number of pyridine rings is 1. The van der Waals surface area contributed by atoms with Gasteiger partial charge >= 0.3 is 6.03 Å². The van der Waals surface area contributed by atoms with Crippen LogP contribution >= 0.6 is 0 Å². The van der Waals surface area contributed by atoms with E-state index in [9.17, 15) is 4.79 Å². The lowest BCUT2D eigenvalue weighted by molar-refractivity contribution is -0.0322. The topological polar surface area (TPSA) is 111 Å². The quantitative estimate of drug-likeness (QED) is 0.436. The summed E-state index contributed by atoms with van der Waals surface area (Å²) >= 11 is 0. The number of fused-ring (bicyclic) bond motifs is 6. The van der Waals surface area contributed by atoms with Gasteiger partial charge in [-0.1, -0.05) is 0 Å². The Kier molecular flexibility index (Phi) is 3.90. The molecule has 3 N–H and O–H groups in total. The number of amides is 1. The summed E-state index contributed by atoms with van der Waals surface area (Å²) in [6.45, 7) is 0.447. The molecular weight excluding hydrogens is 396 g/mol. The van der Waals surface area contributed by atoms with Gasteiger partial charge in [-0.05, 0) is 30.5 Å². The van der Waals surface area contributed by atoms with E-state index < -0.39 is 0 Å². The van der Waals surface area contributed by atoms with Crippen LogP contribution in [0.4, 0.5) is 22.0 Å². The zero-order valence-corrected chi connectivity index (χ0v) is 17.2. The van der Waals surface area contributed by atoms with Gasteiger partial charge in [-0.15, -0.1) is 0 Å². The summed E-state index contributed by atoms with van der Waals surface area (Å²) < 4.78 is 9.40. The van der Waals surface area contributed by atoms with Crippen LogP contribution in [0.25, 0.3) is 22.1 Å². The molecule has 1 amide bonds. The zero-order chi connectivity index (χ0) is 21.1. The number of carbonyl (C=O) groups excluding carboxylic acids is 1. The Morgan fingerprint density at radius 1 is 1.26 bits per heavy atom. The Labute approximate surface area is 177 Å². The average Bonchev–Trinajstić information content (AvgIpc) is 3.33. The monoisotopic (exact) mass is 418 g/mol. The standard InChI is InChI=1S/C21H22N8O2/c1-22-16-7-18-24-14-5-11(6-15-12(14)8-28(2)27-15)9-31-17-4-3-13(17)25-21(30)29-10-23-19(16)20(29)26-18/h5-8,10,13,17H,3-4,9H2,1-2H3,(H,25,30)(H2,22,24,26)/t13-,17-/m1/s1. The molecule has 10 heteroatoms. The molecule has 0 saturated heterocycles. The molecule has 2 aliphatic rings. The van der Waals surface area contributed by atoms with Gasteiger partial charge in [-0.2, -0.15) is 5.10 Å². The summed E-state index contributed by atoms with van der Waals surface area (Å²) in [4.78, 5) is 22.1. The lowest BCUT2D eigenvalue weighted by Gasteiger charge is -2.36. The number of rotatable bonds is 1. The first kappa shape index (κ1) is 18.1. The summed E-state index contributed by atoms with van der Waals surface area (Å²) in [6.07, 6.45) is 5.27. The Morgan fingerprint density at radius 2 is 2.16 bits per heavy atom. The first-order valence-electron chi connectivity index (χ1n) is 10.3. The first-order chi connectivity index (χ1) is 15.1. The van der Waals surface area contributed by atoms with Gasteiger partial charge in [0.25, 0.3) is 0 Å². The molecule has 0 spiro atoms. The molecule has 10 nitrogen and oxygen atoms in total. The van der Waals surface area contributed by atoms with Gasteiger partial charge in [0.1, 0.15) is 17.7 Å². The van der Waals surface area contributed by atoms with Crippen molar-refractivity contribution >= 4 is 45.3 Å². The molecule has 0 radical (unpaired) electrons. The molecule has 0 unspecified atom stereocenters. The number of hydrogen-bond donors (Lipinski definition) is 3. The third-order valence-electron chi connectivity index (χ3n) is 6.04. The van der Waals surface area contributed by atoms with Crippen molar-refractivity contribution in [3.8, 4) is 0 Å².